The molecule has 0 spiro atoms. The van der Waals surface area contributed by atoms with Gasteiger partial charge in [0.05, 0.1) is 7.11 Å². The lowest BCUT2D eigenvalue weighted by molar-refractivity contribution is 0.0636. The number of amides is 1. The number of nitrogens with one attached hydrogen (secondary N) is 1. The van der Waals surface area contributed by atoms with Crippen LogP contribution in [-0.4, -0.2) is 18.8 Å². The average Bonchev–Trinajstić information content (AvgIpc) is 3.09. The molecule has 1 aliphatic carbocycles. The molecule has 1 aromatic carbocycles. The van der Waals surface area contributed by atoms with E-state index in [2.05, 4.69) is 5.32 Å². The summed E-state index contributed by atoms with van der Waals surface area (Å²) in [4.78, 5) is 11.7. The second kappa shape index (κ2) is 5.11. The first-order valence-electron chi connectivity index (χ1n) is 6.57. The lowest BCUT2D eigenvalue weighted by Crippen LogP contribution is -2.27. The highest BCUT2D eigenvalue weighted by atomic mass is 16.6. The molecule has 4 heteroatoms. The average molecular weight is 263 g/mol. The molecule has 104 valence electrons. The molecule has 1 aliphatic rings. The highest BCUT2D eigenvalue weighted by Gasteiger charge is 2.27. The number of anilines is 1. The van der Waals surface area contributed by atoms with Gasteiger partial charge in [-0.1, -0.05) is 0 Å². The Kier molecular flexibility index (Phi) is 3.69. The molecule has 2 rings (SSSR count). The Morgan fingerprint density at radius 2 is 2.00 bits per heavy atom. The highest BCUT2D eigenvalue weighted by Crippen LogP contribution is 2.45. The van der Waals surface area contributed by atoms with Crippen LogP contribution in [0.4, 0.5) is 10.5 Å². The largest absolute Gasteiger partial charge is 0.496 e. The molecular weight excluding hydrogens is 242 g/mol. The van der Waals surface area contributed by atoms with Crippen molar-refractivity contribution in [2.75, 3.05) is 12.4 Å². The minimum Gasteiger partial charge on any atom is -0.496 e. The first-order chi connectivity index (χ1) is 8.89. The molecule has 0 aromatic heterocycles. The van der Waals surface area contributed by atoms with Crippen molar-refractivity contribution in [1.29, 1.82) is 0 Å². The molecule has 0 heterocycles. The van der Waals surface area contributed by atoms with Gasteiger partial charge in [0.25, 0.3) is 0 Å². The van der Waals surface area contributed by atoms with Gasteiger partial charge in [-0.15, -0.1) is 0 Å². The molecule has 1 N–H and O–H groups in total. The molecule has 1 saturated carbocycles. The van der Waals surface area contributed by atoms with Gasteiger partial charge in [0.1, 0.15) is 11.4 Å². The Labute approximate surface area is 114 Å². The molecule has 0 aliphatic heterocycles. The van der Waals surface area contributed by atoms with Gasteiger partial charge >= 0.3 is 6.09 Å². The van der Waals surface area contributed by atoms with E-state index in [1.807, 2.05) is 39.0 Å². The first kappa shape index (κ1) is 13.7. The third kappa shape index (κ3) is 3.88. The molecular formula is C15H21NO3. The summed E-state index contributed by atoms with van der Waals surface area (Å²) in [5.74, 6) is 1.45. The quantitative estimate of drug-likeness (QED) is 0.899. The minimum atomic E-state index is -0.490. The van der Waals surface area contributed by atoms with E-state index in [4.69, 9.17) is 9.47 Å². The number of ether oxygens (including phenoxy) is 2. The normalized spacial score (nSPS) is 14.9. The maximum Gasteiger partial charge on any atom is 0.412 e. The van der Waals surface area contributed by atoms with E-state index < -0.39 is 11.7 Å². The molecule has 0 unspecified atom stereocenters. The van der Waals surface area contributed by atoms with E-state index >= 15 is 0 Å². The number of hydrogen-bond donors (Lipinski definition) is 1. The van der Waals surface area contributed by atoms with Crippen LogP contribution in [-0.2, 0) is 4.74 Å². The van der Waals surface area contributed by atoms with Crippen molar-refractivity contribution < 1.29 is 14.3 Å². The van der Waals surface area contributed by atoms with Crippen LogP contribution in [0.25, 0.3) is 0 Å². The predicted octanol–water partition coefficient (Wildman–Crippen LogP) is 3.92. The Morgan fingerprint density at radius 1 is 1.32 bits per heavy atom. The number of rotatable bonds is 3. The van der Waals surface area contributed by atoms with Crippen molar-refractivity contribution in [3.63, 3.8) is 0 Å². The lowest BCUT2D eigenvalue weighted by Gasteiger charge is -2.20. The smallest absolute Gasteiger partial charge is 0.412 e. The van der Waals surface area contributed by atoms with Gasteiger partial charge in [-0.05, 0) is 63.3 Å². The monoisotopic (exact) mass is 263 g/mol. The van der Waals surface area contributed by atoms with E-state index in [1.165, 1.54) is 12.8 Å². The van der Waals surface area contributed by atoms with Crippen LogP contribution < -0.4 is 10.1 Å². The minimum absolute atomic E-state index is 0.431. The number of carbonyl (C=O) groups excluding carboxylic acids is 1. The highest BCUT2D eigenvalue weighted by molar-refractivity contribution is 5.85. The number of benzene rings is 1. The van der Waals surface area contributed by atoms with Gasteiger partial charge in [0, 0.05) is 5.69 Å². The number of methoxy groups -OCH3 is 1. The summed E-state index contributed by atoms with van der Waals surface area (Å²) in [6, 6.07) is 5.69. The summed E-state index contributed by atoms with van der Waals surface area (Å²) in [6.45, 7) is 5.53. The van der Waals surface area contributed by atoms with E-state index in [1.54, 1.807) is 7.11 Å². The van der Waals surface area contributed by atoms with Gasteiger partial charge in [-0.2, -0.15) is 0 Å². The fraction of sp³-hybridized carbons (Fsp3) is 0.533. The van der Waals surface area contributed by atoms with E-state index in [-0.39, 0.29) is 0 Å². The first-order valence-corrected chi connectivity index (χ1v) is 6.57. The van der Waals surface area contributed by atoms with Crippen molar-refractivity contribution in [1.82, 2.24) is 0 Å². The SMILES string of the molecule is COc1ccc(NC(=O)OC(C)(C)C)cc1C1CC1. The van der Waals surface area contributed by atoms with Crippen LogP contribution in [0.1, 0.15) is 45.1 Å². The van der Waals surface area contributed by atoms with Gasteiger partial charge < -0.3 is 9.47 Å². The molecule has 1 amide bonds. The molecule has 1 aromatic rings. The summed E-state index contributed by atoms with van der Waals surface area (Å²) >= 11 is 0. The third-order valence-corrected chi connectivity index (χ3v) is 2.89. The second-order valence-corrected chi connectivity index (χ2v) is 5.86. The molecule has 0 atom stereocenters. The Balaban J connectivity index is 2.08. The number of carbonyl (C=O) groups is 1. The van der Waals surface area contributed by atoms with E-state index in [0.29, 0.717) is 5.92 Å². The summed E-state index contributed by atoms with van der Waals surface area (Å²) in [5.41, 5.74) is 1.42. The maximum atomic E-state index is 11.7. The van der Waals surface area contributed by atoms with Gasteiger partial charge in [-0.3, -0.25) is 5.32 Å². The summed E-state index contributed by atoms with van der Waals surface area (Å²) < 4.78 is 10.6. The van der Waals surface area contributed by atoms with Crippen molar-refractivity contribution in [2.24, 2.45) is 0 Å². The fourth-order valence-corrected chi connectivity index (χ4v) is 1.95. The molecule has 19 heavy (non-hydrogen) atoms. The van der Waals surface area contributed by atoms with Crippen LogP contribution in [0, 0.1) is 0 Å². The molecule has 1 fully saturated rings. The van der Waals surface area contributed by atoms with Crippen molar-refractivity contribution in [3.8, 4) is 5.75 Å². The van der Waals surface area contributed by atoms with Crippen molar-refractivity contribution in [2.45, 2.75) is 45.1 Å². The second-order valence-electron chi connectivity index (χ2n) is 5.86. The predicted molar refractivity (Wildman–Crippen MR) is 74.8 cm³/mol. The van der Waals surface area contributed by atoms with Gasteiger partial charge in [0.15, 0.2) is 0 Å². The fourth-order valence-electron chi connectivity index (χ4n) is 1.95. The standard InChI is InChI=1S/C15H21NO3/c1-15(2,3)19-14(17)16-11-7-8-13(18-4)12(9-11)10-5-6-10/h7-10H,5-6H2,1-4H3,(H,16,17). The van der Waals surface area contributed by atoms with Crippen LogP contribution in [0.3, 0.4) is 0 Å². The van der Waals surface area contributed by atoms with Crippen LogP contribution in [0.15, 0.2) is 18.2 Å². The molecule has 4 nitrogen and oxygen atoms in total. The topological polar surface area (TPSA) is 47.6 Å². The van der Waals surface area contributed by atoms with Crippen LogP contribution in [0.2, 0.25) is 0 Å². The van der Waals surface area contributed by atoms with Gasteiger partial charge in [-0.25, -0.2) is 4.79 Å². The Hall–Kier alpha value is -1.71. The van der Waals surface area contributed by atoms with Crippen LogP contribution in [0.5, 0.6) is 5.75 Å². The van der Waals surface area contributed by atoms with Crippen LogP contribution >= 0.6 is 0 Å². The molecule has 0 bridgehead atoms. The lowest BCUT2D eigenvalue weighted by atomic mass is 10.1. The van der Waals surface area contributed by atoms with Gasteiger partial charge in [0.2, 0.25) is 0 Å². The Morgan fingerprint density at radius 3 is 2.53 bits per heavy atom. The number of hydrogen-bond acceptors (Lipinski definition) is 3. The summed E-state index contributed by atoms with van der Waals surface area (Å²) in [6.07, 6.45) is 1.94. The zero-order valence-corrected chi connectivity index (χ0v) is 11.9. The van der Waals surface area contributed by atoms with E-state index in [9.17, 15) is 4.79 Å². The summed E-state index contributed by atoms with van der Waals surface area (Å²) in [5, 5.41) is 2.76. The zero-order valence-electron chi connectivity index (χ0n) is 11.9. The van der Waals surface area contributed by atoms with Crippen molar-refractivity contribution >= 4 is 11.8 Å². The molecule has 0 radical (unpaired) electrons. The van der Waals surface area contributed by atoms with E-state index in [0.717, 1.165) is 17.0 Å². The zero-order chi connectivity index (χ0) is 14.0. The Bertz CT molecular complexity index is 473. The van der Waals surface area contributed by atoms with Crippen molar-refractivity contribution in [3.05, 3.63) is 23.8 Å². The summed E-state index contributed by atoms with van der Waals surface area (Å²) in [7, 11) is 1.67. The maximum absolute atomic E-state index is 11.7. The molecule has 0 saturated heterocycles. The third-order valence-electron chi connectivity index (χ3n) is 2.89.